The smallest absolute Gasteiger partial charge is 0.333 e. The van der Waals surface area contributed by atoms with Gasteiger partial charge in [0.15, 0.2) is 5.58 Å². The minimum absolute atomic E-state index is 0.0368. The zero-order chi connectivity index (χ0) is 32.3. The highest BCUT2D eigenvalue weighted by Crippen LogP contribution is 2.47. The molecule has 228 valence electrons. The van der Waals surface area contributed by atoms with E-state index in [-0.39, 0.29) is 6.85 Å². The van der Waals surface area contributed by atoms with Gasteiger partial charge >= 0.3 is 6.85 Å². The van der Waals surface area contributed by atoms with Gasteiger partial charge in [-0.3, -0.25) is 0 Å². The first kappa shape index (κ1) is 26.0. The summed E-state index contributed by atoms with van der Waals surface area (Å²) < 4.78 is 12.1. The van der Waals surface area contributed by atoms with Crippen LogP contribution in [0.25, 0.3) is 93.5 Å². The zero-order valence-corrected chi connectivity index (χ0v) is 27.4. The van der Waals surface area contributed by atoms with E-state index in [0.29, 0.717) is 0 Å². The highest BCUT2D eigenvalue weighted by molar-refractivity contribution is 6.90. The molecule has 2 aliphatic heterocycles. The Labute approximate surface area is 282 Å². The average molecular weight is 625 g/mol. The Bertz CT molecular complexity index is 3130. The van der Waals surface area contributed by atoms with Gasteiger partial charge in [0.1, 0.15) is 5.58 Å². The maximum atomic E-state index is 6.92. The van der Waals surface area contributed by atoms with Crippen LogP contribution in [0.5, 0.6) is 0 Å². The summed E-state index contributed by atoms with van der Waals surface area (Å²) in [4.78, 5) is 0. The second-order valence-electron chi connectivity index (χ2n) is 14.2. The normalized spacial score (nSPS) is 13.2. The minimum atomic E-state index is -0.0368. The van der Waals surface area contributed by atoms with Crippen molar-refractivity contribution in [3.63, 3.8) is 0 Å². The van der Waals surface area contributed by atoms with Crippen molar-refractivity contribution in [1.29, 1.82) is 0 Å². The van der Waals surface area contributed by atoms with E-state index in [1.54, 1.807) is 0 Å². The number of nitrogens with zero attached hydrogens (tertiary/aromatic N) is 2. The molecule has 0 unspecified atom stereocenters. The van der Waals surface area contributed by atoms with Gasteiger partial charge in [-0.25, -0.2) is 0 Å². The van der Waals surface area contributed by atoms with Crippen LogP contribution < -0.4 is 10.9 Å². The number of benzene rings is 7. The molecule has 0 saturated carbocycles. The maximum Gasteiger partial charge on any atom is 0.333 e. The molecule has 0 amide bonds. The van der Waals surface area contributed by atoms with Crippen LogP contribution in [0, 0.1) is 20.8 Å². The Balaban J connectivity index is 1.37. The van der Waals surface area contributed by atoms with E-state index in [4.69, 9.17) is 4.42 Å². The lowest BCUT2D eigenvalue weighted by Crippen LogP contribution is -2.55. The Morgan fingerprint density at radius 2 is 1.24 bits per heavy atom. The Hall–Kier alpha value is -6.00. The third kappa shape index (κ3) is 3.03. The summed E-state index contributed by atoms with van der Waals surface area (Å²) in [5.41, 5.74) is 19.9. The van der Waals surface area contributed by atoms with Gasteiger partial charge in [-0.15, -0.1) is 0 Å². The van der Waals surface area contributed by atoms with Crippen LogP contribution >= 0.6 is 0 Å². The minimum Gasteiger partial charge on any atom is -0.454 e. The van der Waals surface area contributed by atoms with E-state index in [1.165, 1.54) is 105 Å². The van der Waals surface area contributed by atoms with Gasteiger partial charge in [0, 0.05) is 48.9 Å². The predicted molar refractivity (Wildman–Crippen MR) is 207 cm³/mol. The molecule has 0 saturated heterocycles. The van der Waals surface area contributed by atoms with Crippen molar-refractivity contribution in [3.05, 3.63) is 138 Å². The summed E-state index contributed by atoms with van der Waals surface area (Å²) >= 11 is 0. The molecule has 3 aromatic heterocycles. The molecule has 4 heteroatoms. The number of furan rings is 1. The van der Waals surface area contributed by atoms with Crippen LogP contribution in [0.4, 0.5) is 0 Å². The molecular formula is C45H29BN2O. The van der Waals surface area contributed by atoms with Crippen molar-refractivity contribution in [1.82, 2.24) is 9.05 Å². The fourth-order valence-electron chi connectivity index (χ4n) is 9.89. The summed E-state index contributed by atoms with van der Waals surface area (Å²) in [5, 5.41) is 7.48. The molecule has 0 spiro atoms. The fraction of sp³-hybridized carbons (Fsp3) is 0.0667. The van der Waals surface area contributed by atoms with Crippen LogP contribution in [-0.2, 0) is 0 Å². The number of aryl methyl sites for hydroxylation is 3. The number of aromatic nitrogens is 2. The van der Waals surface area contributed by atoms with Gasteiger partial charge in [-0.1, -0.05) is 96.6 Å². The summed E-state index contributed by atoms with van der Waals surface area (Å²) in [6.07, 6.45) is 0. The second-order valence-corrected chi connectivity index (χ2v) is 14.2. The molecule has 0 bridgehead atoms. The third-order valence-corrected chi connectivity index (χ3v) is 11.5. The molecule has 5 heterocycles. The first-order valence-electron chi connectivity index (χ1n) is 17.2. The number of hydrogen-bond donors (Lipinski definition) is 0. The maximum absolute atomic E-state index is 6.92. The first-order valence-corrected chi connectivity index (χ1v) is 17.2. The molecule has 49 heavy (non-hydrogen) atoms. The summed E-state index contributed by atoms with van der Waals surface area (Å²) in [5.74, 6) is 0. The topological polar surface area (TPSA) is 23.0 Å². The van der Waals surface area contributed by atoms with E-state index < -0.39 is 0 Å². The number of para-hydroxylation sites is 4. The van der Waals surface area contributed by atoms with Gasteiger partial charge in [-0.2, -0.15) is 0 Å². The number of hydrogen-bond acceptors (Lipinski definition) is 1. The summed E-state index contributed by atoms with van der Waals surface area (Å²) in [6, 6.07) is 45.3. The molecule has 12 rings (SSSR count). The second kappa shape index (κ2) is 8.72. The van der Waals surface area contributed by atoms with Gasteiger partial charge in [0.25, 0.3) is 0 Å². The van der Waals surface area contributed by atoms with Crippen molar-refractivity contribution < 1.29 is 4.42 Å². The zero-order valence-electron chi connectivity index (χ0n) is 27.4. The molecule has 0 N–H and O–H groups in total. The SMILES string of the molecule is Cc1cc(C)c(-c2cc3c4c(c2)c2ccccc2n4-c2c4c(cc5c2oc2ccccc25)-c2cccc5c6ccccc6n(c25)B43)c(C)c1. The van der Waals surface area contributed by atoms with Crippen LogP contribution in [-0.4, -0.2) is 15.9 Å². The summed E-state index contributed by atoms with van der Waals surface area (Å²) in [6.45, 7) is 6.69. The molecular weight excluding hydrogens is 595 g/mol. The van der Waals surface area contributed by atoms with E-state index in [9.17, 15) is 0 Å². The largest absolute Gasteiger partial charge is 0.454 e. The van der Waals surface area contributed by atoms with Crippen molar-refractivity contribution in [2.24, 2.45) is 0 Å². The van der Waals surface area contributed by atoms with E-state index in [2.05, 4.69) is 151 Å². The van der Waals surface area contributed by atoms with Crippen molar-refractivity contribution in [2.75, 3.05) is 0 Å². The molecule has 7 aromatic carbocycles. The van der Waals surface area contributed by atoms with Crippen LogP contribution in [0.15, 0.2) is 126 Å². The highest BCUT2D eigenvalue weighted by atomic mass is 16.3. The molecule has 0 fully saturated rings. The molecule has 3 nitrogen and oxygen atoms in total. The Morgan fingerprint density at radius 3 is 2.06 bits per heavy atom. The number of fused-ring (bicyclic) bond motifs is 14. The lowest BCUT2D eigenvalue weighted by atomic mass is 9.45. The first-order chi connectivity index (χ1) is 24.1. The molecule has 2 aliphatic rings. The van der Waals surface area contributed by atoms with E-state index in [0.717, 1.165) is 16.6 Å². The van der Waals surface area contributed by atoms with E-state index in [1.807, 2.05) is 0 Å². The molecule has 10 aromatic rings. The quantitative estimate of drug-likeness (QED) is 0.167. The lowest BCUT2D eigenvalue weighted by molar-refractivity contribution is 0.667. The summed E-state index contributed by atoms with van der Waals surface area (Å²) in [7, 11) is 0. The average Bonchev–Trinajstić information content (AvgIpc) is 3.77. The molecule has 0 atom stereocenters. The van der Waals surface area contributed by atoms with Gasteiger partial charge in [0.05, 0.1) is 16.7 Å². The molecule has 0 radical (unpaired) electrons. The van der Waals surface area contributed by atoms with Crippen molar-refractivity contribution >= 4 is 83.3 Å². The van der Waals surface area contributed by atoms with Crippen molar-refractivity contribution in [2.45, 2.75) is 20.8 Å². The monoisotopic (exact) mass is 624 g/mol. The lowest BCUT2D eigenvalue weighted by Gasteiger charge is -2.34. The Kier molecular flexibility index (Phi) is 4.63. The third-order valence-electron chi connectivity index (χ3n) is 11.5. The predicted octanol–water partition coefficient (Wildman–Crippen LogP) is 10.3. The standard InChI is InChI=1S/C45H29BN2O/c1-24-19-25(2)40(26(3)20-24)27-21-34-29-12-4-7-16-37(29)47-43(34)36(22-27)46-41-33(23-35-30-13-6-9-18-39(30)49-45(35)44(41)47)32-15-10-14-31-28-11-5-8-17-38(28)48(46)42(31)32/h4-23H,1-3H3. The Morgan fingerprint density at radius 1 is 0.551 bits per heavy atom. The van der Waals surface area contributed by atoms with Crippen LogP contribution in [0.3, 0.4) is 0 Å². The highest BCUT2D eigenvalue weighted by Gasteiger charge is 2.43. The number of rotatable bonds is 1. The molecule has 0 aliphatic carbocycles. The van der Waals surface area contributed by atoms with Crippen molar-refractivity contribution in [3.8, 4) is 27.9 Å². The van der Waals surface area contributed by atoms with Gasteiger partial charge in [0.2, 0.25) is 0 Å². The van der Waals surface area contributed by atoms with Gasteiger partial charge < -0.3 is 13.5 Å². The van der Waals surface area contributed by atoms with Crippen LogP contribution in [0.2, 0.25) is 0 Å². The fourth-order valence-corrected chi connectivity index (χ4v) is 9.89. The van der Waals surface area contributed by atoms with Gasteiger partial charge in [-0.05, 0) is 89.8 Å². The van der Waals surface area contributed by atoms with Crippen LogP contribution in [0.1, 0.15) is 16.7 Å². The van der Waals surface area contributed by atoms with E-state index >= 15 is 0 Å².